The van der Waals surface area contributed by atoms with Crippen LogP contribution >= 0.6 is 19.2 Å². The Morgan fingerprint density at radius 3 is 2.26 bits per heavy atom. The predicted molar refractivity (Wildman–Crippen MR) is 100 cm³/mol. The second-order valence-electron chi connectivity index (χ2n) is 7.41. The molecular formula is C17H22N3O5PS. The fourth-order valence-electron chi connectivity index (χ4n) is 4.63. The SMILES string of the molecule is O=P(O)(O)O.c1ccc(-c2nnc(OC3C4CC5CC3CN(C5)C4)s2)cc1. The van der Waals surface area contributed by atoms with Crippen LogP contribution in [-0.4, -0.2) is 55.5 Å². The van der Waals surface area contributed by atoms with Crippen molar-refractivity contribution in [1.29, 1.82) is 0 Å². The Morgan fingerprint density at radius 2 is 1.67 bits per heavy atom. The summed E-state index contributed by atoms with van der Waals surface area (Å²) in [6, 6.07) is 10.2. The molecule has 1 aromatic heterocycles. The van der Waals surface area contributed by atoms with Crippen molar-refractivity contribution in [1.82, 2.24) is 15.1 Å². The molecule has 3 aliphatic heterocycles. The molecule has 6 rings (SSSR count). The first-order valence-corrected chi connectivity index (χ1v) is 11.3. The Hall–Kier alpha value is -1.35. The van der Waals surface area contributed by atoms with Crippen LogP contribution in [0.25, 0.3) is 10.6 Å². The lowest BCUT2D eigenvalue weighted by atomic mass is 9.66. The molecule has 2 unspecified atom stereocenters. The minimum absolute atomic E-state index is 0.351. The fourth-order valence-corrected chi connectivity index (χ4v) is 5.37. The zero-order valence-electron chi connectivity index (χ0n) is 14.6. The van der Waals surface area contributed by atoms with Crippen LogP contribution in [0.1, 0.15) is 12.8 Å². The summed E-state index contributed by atoms with van der Waals surface area (Å²) in [4.78, 5) is 24.2. The molecule has 8 nitrogen and oxygen atoms in total. The lowest BCUT2D eigenvalue weighted by Crippen LogP contribution is -2.61. The Kier molecular flexibility index (Phi) is 5.33. The smallest absolute Gasteiger partial charge is 0.465 e. The number of rotatable bonds is 3. The van der Waals surface area contributed by atoms with E-state index in [0.717, 1.165) is 21.7 Å². The van der Waals surface area contributed by atoms with Crippen LogP contribution in [0.3, 0.4) is 0 Å². The number of hydrogen-bond donors (Lipinski definition) is 3. The van der Waals surface area contributed by atoms with Crippen molar-refractivity contribution in [2.75, 3.05) is 19.6 Å². The van der Waals surface area contributed by atoms with E-state index in [0.29, 0.717) is 17.9 Å². The van der Waals surface area contributed by atoms with E-state index in [9.17, 15) is 0 Å². The van der Waals surface area contributed by atoms with Gasteiger partial charge < -0.3 is 24.3 Å². The molecule has 3 N–H and O–H groups in total. The number of nitrogens with zero attached hydrogens (tertiary/aromatic N) is 3. The second kappa shape index (κ2) is 7.58. The van der Waals surface area contributed by atoms with Crippen molar-refractivity contribution < 1.29 is 24.0 Å². The van der Waals surface area contributed by atoms with Crippen molar-refractivity contribution in [2.45, 2.75) is 18.9 Å². The molecule has 4 heterocycles. The number of hydrogen-bond acceptors (Lipinski definition) is 6. The molecule has 0 radical (unpaired) electrons. The third-order valence-corrected chi connectivity index (χ3v) is 6.23. The fraction of sp³-hybridized carbons (Fsp3) is 0.529. The highest BCUT2D eigenvalue weighted by Gasteiger charge is 2.49. The van der Waals surface area contributed by atoms with Crippen molar-refractivity contribution in [3.63, 3.8) is 0 Å². The number of aromatic nitrogens is 2. The summed E-state index contributed by atoms with van der Waals surface area (Å²) in [5.74, 6) is 2.29. The number of benzene rings is 1. The topological polar surface area (TPSA) is 116 Å². The molecule has 4 bridgehead atoms. The molecule has 0 spiro atoms. The number of piperidine rings is 3. The van der Waals surface area contributed by atoms with Gasteiger partial charge in [0.2, 0.25) is 0 Å². The van der Waals surface area contributed by atoms with Gasteiger partial charge in [-0.05, 0) is 18.8 Å². The van der Waals surface area contributed by atoms with Gasteiger partial charge in [-0.3, -0.25) is 0 Å². The van der Waals surface area contributed by atoms with Crippen LogP contribution in [-0.2, 0) is 4.57 Å². The summed E-state index contributed by atoms with van der Waals surface area (Å²) < 4.78 is 15.2. The van der Waals surface area contributed by atoms with Gasteiger partial charge in [0.1, 0.15) is 6.10 Å². The molecular weight excluding hydrogens is 389 g/mol. The van der Waals surface area contributed by atoms with Crippen LogP contribution in [0.4, 0.5) is 0 Å². The maximum absolute atomic E-state index is 8.88. The molecule has 146 valence electrons. The van der Waals surface area contributed by atoms with E-state index < -0.39 is 7.82 Å². The molecule has 27 heavy (non-hydrogen) atoms. The highest BCUT2D eigenvalue weighted by Crippen LogP contribution is 2.45. The van der Waals surface area contributed by atoms with Gasteiger partial charge in [-0.15, -0.1) is 5.10 Å². The highest BCUT2D eigenvalue weighted by molar-refractivity contribution is 7.45. The standard InChI is InChI=1S/C17H19N3OS.H3O4P/c1-2-4-12(5-3-1)16-18-19-17(22-16)21-15-13-6-11-7-14(15)10-20(8-11)9-13;1-5(2,3)4/h1-5,11,13-15H,6-10H2;(H3,1,2,3,4). The van der Waals surface area contributed by atoms with Crippen LogP contribution in [0, 0.1) is 17.8 Å². The van der Waals surface area contributed by atoms with E-state index in [-0.39, 0.29) is 0 Å². The number of ether oxygens (including phenoxy) is 1. The van der Waals surface area contributed by atoms with Crippen molar-refractivity contribution >= 4 is 19.2 Å². The largest absolute Gasteiger partial charge is 0.466 e. The van der Waals surface area contributed by atoms with E-state index in [4.69, 9.17) is 24.0 Å². The summed E-state index contributed by atoms with van der Waals surface area (Å²) in [7, 11) is -4.64. The van der Waals surface area contributed by atoms with E-state index >= 15 is 0 Å². The van der Waals surface area contributed by atoms with Crippen molar-refractivity contribution in [3.8, 4) is 15.8 Å². The average Bonchev–Trinajstić information content (AvgIpc) is 3.05. The minimum atomic E-state index is -4.64. The zero-order chi connectivity index (χ0) is 19.0. The van der Waals surface area contributed by atoms with E-state index in [1.54, 1.807) is 11.3 Å². The van der Waals surface area contributed by atoms with Crippen LogP contribution < -0.4 is 4.74 Å². The Morgan fingerprint density at radius 1 is 1.04 bits per heavy atom. The first-order chi connectivity index (χ1) is 12.8. The van der Waals surface area contributed by atoms with Gasteiger partial charge in [-0.2, -0.15) is 0 Å². The Labute approximate surface area is 161 Å². The lowest BCUT2D eigenvalue weighted by Gasteiger charge is -2.54. The summed E-state index contributed by atoms with van der Waals surface area (Å²) in [6.07, 6.45) is 3.02. The molecule has 2 atom stereocenters. The molecule has 1 aromatic carbocycles. The van der Waals surface area contributed by atoms with Gasteiger partial charge in [0.15, 0.2) is 5.01 Å². The maximum atomic E-state index is 8.88. The molecule has 10 heteroatoms. The monoisotopic (exact) mass is 411 g/mol. The van der Waals surface area contributed by atoms with Crippen molar-refractivity contribution in [3.05, 3.63) is 30.3 Å². The Bertz CT molecular complexity index is 791. The first kappa shape index (κ1) is 19.0. The van der Waals surface area contributed by atoms with E-state index in [2.05, 4.69) is 27.2 Å². The van der Waals surface area contributed by atoms with Gasteiger partial charge >= 0.3 is 7.82 Å². The summed E-state index contributed by atoms with van der Waals surface area (Å²) in [5.41, 5.74) is 1.12. The normalized spacial score (nSPS) is 31.3. The Balaban J connectivity index is 0.000000323. The molecule has 1 saturated carbocycles. The lowest BCUT2D eigenvalue weighted by molar-refractivity contribution is -0.0986. The molecule has 4 aliphatic rings. The number of phosphoric acid groups is 1. The third kappa shape index (κ3) is 4.74. The predicted octanol–water partition coefficient (Wildman–Crippen LogP) is 2.00. The zero-order valence-corrected chi connectivity index (χ0v) is 16.3. The molecule has 0 amide bonds. The van der Waals surface area contributed by atoms with E-state index in [1.165, 1.54) is 32.5 Å². The quantitative estimate of drug-likeness (QED) is 0.657. The minimum Gasteiger partial charge on any atom is -0.465 e. The van der Waals surface area contributed by atoms with Gasteiger partial charge in [-0.1, -0.05) is 46.8 Å². The van der Waals surface area contributed by atoms with Gasteiger partial charge in [0.25, 0.3) is 5.19 Å². The average molecular weight is 411 g/mol. The second-order valence-corrected chi connectivity index (χ2v) is 9.38. The van der Waals surface area contributed by atoms with Crippen LogP contribution in [0.15, 0.2) is 30.3 Å². The summed E-state index contributed by atoms with van der Waals surface area (Å²) >= 11 is 1.57. The van der Waals surface area contributed by atoms with Crippen molar-refractivity contribution in [2.24, 2.45) is 17.8 Å². The van der Waals surface area contributed by atoms with Crippen LogP contribution in [0.2, 0.25) is 0 Å². The molecule has 4 fully saturated rings. The third-order valence-electron chi connectivity index (χ3n) is 5.37. The maximum Gasteiger partial charge on any atom is 0.466 e. The molecule has 3 saturated heterocycles. The van der Waals surface area contributed by atoms with E-state index in [1.807, 2.05) is 18.2 Å². The van der Waals surface area contributed by atoms with Gasteiger partial charge in [0.05, 0.1) is 0 Å². The highest BCUT2D eigenvalue weighted by atomic mass is 32.1. The summed E-state index contributed by atoms with van der Waals surface area (Å²) in [6.45, 7) is 3.74. The van der Waals surface area contributed by atoms with Crippen LogP contribution in [0.5, 0.6) is 5.19 Å². The summed E-state index contributed by atoms with van der Waals surface area (Å²) in [5, 5.41) is 10.3. The van der Waals surface area contributed by atoms with Gasteiger partial charge in [-0.25, -0.2) is 4.57 Å². The molecule has 1 aliphatic carbocycles. The molecule has 2 aromatic rings. The van der Waals surface area contributed by atoms with Gasteiger partial charge in [0, 0.05) is 37.0 Å². The first-order valence-electron chi connectivity index (χ1n) is 8.91.